The summed E-state index contributed by atoms with van der Waals surface area (Å²) in [5.41, 5.74) is 21.0. The van der Waals surface area contributed by atoms with Crippen molar-refractivity contribution in [2.45, 2.75) is 39.8 Å². The first-order chi connectivity index (χ1) is 38.4. The van der Waals surface area contributed by atoms with Crippen LogP contribution in [0.25, 0.3) is 65.9 Å². The summed E-state index contributed by atoms with van der Waals surface area (Å²) in [7, 11) is 6.90. The molecule has 0 bridgehead atoms. The van der Waals surface area contributed by atoms with E-state index in [0.29, 0.717) is 0 Å². The van der Waals surface area contributed by atoms with Crippen LogP contribution in [0.4, 0.5) is 34.1 Å². The highest BCUT2D eigenvalue weighted by Crippen LogP contribution is 2.46. The van der Waals surface area contributed by atoms with Gasteiger partial charge in [0.2, 0.25) is 0 Å². The van der Waals surface area contributed by atoms with Gasteiger partial charge in [0.05, 0.1) is 50.5 Å². The third-order valence-electron chi connectivity index (χ3n) is 16.0. The minimum absolute atomic E-state index is 0.728. The molecule has 0 aliphatic heterocycles. The molecule has 0 saturated carbocycles. The van der Waals surface area contributed by atoms with Crippen LogP contribution in [0.1, 0.15) is 36.1 Å². The molecule has 0 saturated heterocycles. The predicted octanol–water partition coefficient (Wildman–Crippen LogP) is 17.7. The molecule has 2 heterocycles. The number of nitrogens with zero attached hydrogens (tertiary/aromatic N) is 4. The fourth-order valence-corrected chi connectivity index (χ4v) is 12.2. The molecule has 78 heavy (non-hydrogen) atoms. The van der Waals surface area contributed by atoms with Gasteiger partial charge in [-0.15, -0.1) is 0 Å². The summed E-state index contributed by atoms with van der Waals surface area (Å²) in [5.74, 6) is 3.31. The summed E-state index contributed by atoms with van der Waals surface area (Å²) in [4.78, 5) is 4.78. The van der Waals surface area contributed by atoms with Gasteiger partial charge in [0, 0.05) is 80.9 Å². The van der Waals surface area contributed by atoms with Gasteiger partial charge in [0.1, 0.15) is 23.0 Å². The smallest absolute Gasteiger partial charge is 0.120 e. The molecule has 0 spiro atoms. The van der Waals surface area contributed by atoms with Crippen LogP contribution in [0.2, 0.25) is 0 Å². The van der Waals surface area contributed by atoms with Crippen molar-refractivity contribution < 1.29 is 18.9 Å². The molecule has 12 aromatic rings. The Kier molecular flexibility index (Phi) is 12.3. The molecular formula is C70H60N4O4. The number of methoxy groups -OCH3 is 4. The number of fused-ring (bicyclic) bond motifs is 12. The average Bonchev–Trinajstić information content (AvgIpc) is 4.05. The van der Waals surface area contributed by atoms with E-state index in [4.69, 9.17) is 18.9 Å². The molecule has 0 radical (unpaired) electrons. The SMILES string of the molecule is CCn1c2cc(OC)ccc2c2ccc(N(c3ccc(OC)cc3)c3ccc4c(c3)Cc3ccccc3-c3ccccc3Cc3cc(N(c5ccc(OC)cc5)c5ccc6c7ccc(OC)cc7n(CC)c6c5)ccc3-4)cc21. The van der Waals surface area contributed by atoms with Crippen LogP contribution in [0.5, 0.6) is 23.0 Å². The van der Waals surface area contributed by atoms with E-state index in [1.54, 1.807) is 28.4 Å². The van der Waals surface area contributed by atoms with Crippen molar-refractivity contribution >= 4 is 77.7 Å². The minimum Gasteiger partial charge on any atom is -0.497 e. The van der Waals surface area contributed by atoms with Crippen LogP contribution in [-0.2, 0) is 25.9 Å². The van der Waals surface area contributed by atoms with Gasteiger partial charge in [-0.3, -0.25) is 0 Å². The van der Waals surface area contributed by atoms with E-state index in [1.165, 1.54) is 77.1 Å². The number of benzene rings is 10. The Balaban J connectivity index is 1.01. The molecule has 8 nitrogen and oxygen atoms in total. The van der Waals surface area contributed by atoms with E-state index in [1.807, 2.05) is 24.3 Å². The Labute approximate surface area is 455 Å². The Morgan fingerprint density at radius 1 is 0.308 bits per heavy atom. The summed E-state index contributed by atoms with van der Waals surface area (Å²) in [5, 5.41) is 4.84. The van der Waals surface area contributed by atoms with Gasteiger partial charge in [-0.25, -0.2) is 0 Å². The summed E-state index contributed by atoms with van der Waals surface area (Å²) in [6.45, 7) is 6.05. The fraction of sp³-hybridized carbons (Fsp3) is 0.143. The lowest BCUT2D eigenvalue weighted by Crippen LogP contribution is -2.12. The van der Waals surface area contributed by atoms with Gasteiger partial charge >= 0.3 is 0 Å². The second kappa shape index (κ2) is 19.9. The van der Waals surface area contributed by atoms with Gasteiger partial charge in [0.15, 0.2) is 0 Å². The van der Waals surface area contributed by atoms with E-state index in [2.05, 4.69) is 215 Å². The molecule has 0 fully saturated rings. The maximum absolute atomic E-state index is 5.71. The van der Waals surface area contributed by atoms with Crippen LogP contribution in [0.15, 0.2) is 206 Å². The van der Waals surface area contributed by atoms with Crippen molar-refractivity contribution in [3.05, 3.63) is 229 Å². The molecule has 1 aliphatic carbocycles. The highest BCUT2D eigenvalue weighted by Gasteiger charge is 2.25. The second-order valence-corrected chi connectivity index (χ2v) is 20.1. The highest BCUT2D eigenvalue weighted by atomic mass is 16.5. The average molecular weight is 1020 g/mol. The Morgan fingerprint density at radius 2 is 0.615 bits per heavy atom. The number of hydrogen-bond donors (Lipinski definition) is 0. The zero-order chi connectivity index (χ0) is 53.0. The first-order valence-electron chi connectivity index (χ1n) is 26.9. The monoisotopic (exact) mass is 1020 g/mol. The number of ether oxygens (including phenoxy) is 4. The van der Waals surface area contributed by atoms with Gasteiger partial charge < -0.3 is 37.9 Å². The summed E-state index contributed by atoms with van der Waals surface area (Å²) < 4.78 is 27.6. The Bertz CT molecular complexity index is 3970. The lowest BCUT2D eigenvalue weighted by Gasteiger charge is -2.29. The molecule has 10 aromatic carbocycles. The first kappa shape index (κ1) is 48.3. The first-order valence-corrected chi connectivity index (χ1v) is 26.9. The molecule has 384 valence electrons. The van der Waals surface area contributed by atoms with Crippen molar-refractivity contribution in [1.82, 2.24) is 9.13 Å². The quantitative estimate of drug-likeness (QED) is 0.122. The van der Waals surface area contributed by atoms with E-state index in [9.17, 15) is 0 Å². The number of rotatable bonds is 12. The van der Waals surface area contributed by atoms with Crippen LogP contribution >= 0.6 is 0 Å². The standard InChI is InChI=1S/C70H60N4O4/c1-7-71-67-41-53(23-33-63(67)65-35-29-57(77-5)43-69(65)71)73(49-17-25-55(75-3)26-18-49)51-21-31-61-47(39-51)37-45-13-9-11-15-59(45)60-16-12-10-14-46(60)38-48-40-52(22-32-62(48)61)74(50-19-27-56(76-4)28-20-50)54-24-34-64-66-36-30-58(78-6)44-70(66)72(8-2)68(64)42-54/h9-36,39-44H,7-8,37-38H2,1-6H3. The molecule has 2 aromatic heterocycles. The number of anilines is 6. The lowest BCUT2D eigenvalue weighted by atomic mass is 9.83. The minimum atomic E-state index is 0.728. The third-order valence-corrected chi connectivity index (χ3v) is 16.0. The Hall–Kier alpha value is -9.40. The molecule has 8 heteroatoms. The molecule has 0 amide bonds. The largest absolute Gasteiger partial charge is 0.497 e. The number of hydrogen-bond acceptors (Lipinski definition) is 6. The van der Waals surface area contributed by atoms with E-state index < -0.39 is 0 Å². The van der Waals surface area contributed by atoms with Gasteiger partial charge in [-0.05, 0) is 193 Å². The summed E-state index contributed by atoms with van der Waals surface area (Å²) >= 11 is 0. The molecule has 0 unspecified atom stereocenters. The van der Waals surface area contributed by atoms with Crippen LogP contribution in [0, 0.1) is 0 Å². The molecule has 13 rings (SSSR count). The van der Waals surface area contributed by atoms with Crippen molar-refractivity contribution in [2.24, 2.45) is 0 Å². The van der Waals surface area contributed by atoms with E-state index in [0.717, 1.165) is 94.1 Å². The zero-order valence-electron chi connectivity index (χ0n) is 44.9. The molecular weight excluding hydrogens is 961 g/mol. The maximum Gasteiger partial charge on any atom is 0.120 e. The highest BCUT2D eigenvalue weighted by molar-refractivity contribution is 6.11. The third kappa shape index (κ3) is 8.23. The summed E-state index contributed by atoms with van der Waals surface area (Å²) in [6.07, 6.45) is 1.46. The predicted molar refractivity (Wildman–Crippen MR) is 322 cm³/mol. The Morgan fingerprint density at radius 3 is 1.00 bits per heavy atom. The maximum atomic E-state index is 5.71. The van der Waals surface area contributed by atoms with Crippen molar-refractivity contribution in [1.29, 1.82) is 0 Å². The van der Waals surface area contributed by atoms with Crippen molar-refractivity contribution in [2.75, 3.05) is 38.2 Å². The topological polar surface area (TPSA) is 53.3 Å². The molecule has 0 N–H and O–H groups in total. The second-order valence-electron chi connectivity index (χ2n) is 20.1. The zero-order valence-corrected chi connectivity index (χ0v) is 44.9. The van der Waals surface area contributed by atoms with Crippen LogP contribution < -0.4 is 28.7 Å². The van der Waals surface area contributed by atoms with Gasteiger partial charge in [-0.1, -0.05) is 72.8 Å². The van der Waals surface area contributed by atoms with Crippen LogP contribution in [-0.4, -0.2) is 37.6 Å². The van der Waals surface area contributed by atoms with Gasteiger partial charge in [-0.2, -0.15) is 0 Å². The van der Waals surface area contributed by atoms with Crippen molar-refractivity contribution in [3.8, 4) is 45.3 Å². The fourth-order valence-electron chi connectivity index (χ4n) is 12.2. The molecule has 1 aliphatic rings. The number of aryl methyl sites for hydroxylation is 2. The molecule has 0 atom stereocenters. The van der Waals surface area contributed by atoms with E-state index in [-0.39, 0.29) is 0 Å². The van der Waals surface area contributed by atoms with Crippen LogP contribution in [0.3, 0.4) is 0 Å². The number of aromatic nitrogens is 2. The van der Waals surface area contributed by atoms with E-state index >= 15 is 0 Å². The van der Waals surface area contributed by atoms with Crippen molar-refractivity contribution in [3.63, 3.8) is 0 Å². The van der Waals surface area contributed by atoms with Gasteiger partial charge in [0.25, 0.3) is 0 Å². The normalized spacial score (nSPS) is 12.0. The lowest BCUT2D eigenvalue weighted by molar-refractivity contribution is 0.414. The summed E-state index contributed by atoms with van der Waals surface area (Å²) in [6, 6.07) is 75.4.